The van der Waals surface area contributed by atoms with E-state index in [9.17, 15) is 4.79 Å². The van der Waals surface area contributed by atoms with E-state index in [1.807, 2.05) is 44.2 Å². The minimum absolute atomic E-state index is 0.0594. The Hall–Kier alpha value is -2.54. The number of thioether (sulfide) groups is 1. The molecule has 0 bridgehead atoms. The second kappa shape index (κ2) is 8.00. The normalized spacial score (nSPS) is 11.2. The summed E-state index contributed by atoms with van der Waals surface area (Å²) in [6.45, 7) is 8.24. The van der Waals surface area contributed by atoms with Gasteiger partial charge in [0.25, 0.3) is 5.22 Å². The number of nitrogens with zero attached hydrogens (tertiary/aromatic N) is 3. The summed E-state index contributed by atoms with van der Waals surface area (Å²) in [5.41, 5.74) is 3.65. The molecule has 2 aromatic heterocycles. The van der Waals surface area contributed by atoms with Gasteiger partial charge in [0.15, 0.2) is 5.78 Å². The summed E-state index contributed by atoms with van der Waals surface area (Å²) in [5, 5.41) is 8.47. The number of carbonyl (C=O) groups is 1. The van der Waals surface area contributed by atoms with Crippen molar-refractivity contribution in [1.82, 2.24) is 14.8 Å². The van der Waals surface area contributed by atoms with E-state index >= 15 is 0 Å². The van der Waals surface area contributed by atoms with Gasteiger partial charge in [-0.25, -0.2) is 0 Å². The minimum atomic E-state index is 0.0594. The van der Waals surface area contributed by atoms with Crippen molar-refractivity contribution in [3.63, 3.8) is 0 Å². The van der Waals surface area contributed by atoms with Crippen LogP contribution in [-0.2, 0) is 0 Å². The van der Waals surface area contributed by atoms with Crippen LogP contribution < -0.4 is 4.74 Å². The Morgan fingerprint density at radius 3 is 2.52 bits per heavy atom. The average Bonchev–Trinajstić information content (AvgIpc) is 3.24. The summed E-state index contributed by atoms with van der Waals surface area (Å²) in [6, 6.07) is 9.65. The first-order valence-corrected chi connectivity index (χ1v) is 9.71. The maximum Gasteiger partial charge on any atom is 0.277 e. The maximum absolute atomic E-state index is 12.6. The summed E-state index contributed by atoms with van der Waals surface area (Å²) in [4.78, 5) is 12.6. The lowest BCUT2D eigenvalue weighted by atomic mass is 10.2. The molecular formula is C20H23N3O3S. The molecule has 0 fully saturated rings. The van der Waals surface area contributed by atoms with E-state index in [1.54, 1.807) is 7.11 Å². The van der Waals surface area contributed by atoms with Crippen LogP contribution in [0.25, 0.3) is 11.5 Å². The molecule has 3 aromatic rings. The van der Waals surface area contributed by atoms with Crippen molar-refractivity contribution in [2.24, 2.45) is 0 Å². The molecule has 1 aromatic carbocycles. The molecule has 142 valence electrons. The van der Waals surface area contributed by atoms with Crippen molar-refractivity contribution in [1.29, 1.82) is 0 Å². The molecule has 6 nitrogen and oxygen atoms in total. The van der Waals surface area contributed by atoms with Gasteiger partial charge < -0.3 is 13.7 Å². The van der Waals surface area contributed by atoms with Gasteiger partial charge in [0.1, 0.15) is 5.75 Å². The Kier molecular flexibility index (Phi) is 5.70. The Morgan fingerprint density at radius 1 is 1.22 bits per heavy atom. The van der Waals surface area contributed by atoms with Crippen molar-refractivity contribution < 1.29 is 13.9 Å². The summed E-state index contributed by atoms with van der Waals surface area (Å²) in [6.07, 6.45) is 0. The summed E-state index contributed by atoms with van der Waals surface area (Å²) < 4.78 is 13.0. The van der Waals surface area contributed by atoms with Gasteiger partial charge in [-0.15, -0.1) is 10.2 Å². The van der Waals surface area contributed by atoms with Gasteiger partial charge in [0.05, 0.1) is 12.9 Å². The molecule has 3 rings (SSSR count). The monoisotopic (exact) mass is 385 g/mol. The Bertz CT molecular complexity index is 942. The second-order valence-electron chi connectivity index (χ2n) is 6.56. The van der Waals surface area contributed by atoms with E-state index in [2.05, 4.69) is 28.6 Å². The molecule has 0 unspecified atom stereocenters. The lowest BCUT2D eigenvalue weighted by Crippen LogP contribution is -2.08. The third-order valence-corrected chi connectivity index (χ3v) is 5.19. The van der Waals surface area contributed by atoms with Crippen LogP contribution in [-0.4, -0.2) is 33.4 Å². The van der Waals surface area contributed by atoms with E-state index < -0.39 is 0 Å². The molecule has 2 heterocycles. The number of ketones is 1. The Morgan fingerprint density at radius 2 is 1.93 bits per heavy atom. The van der Waals surface area contributed by atoms with E-state index in [1.165, 1.54) is 11.8 Å². The highest BCUT2D eigenvalue weighted by Gasteiger charge is 2.18. The van der Waals surface area contributed by atoms with Crippen LogP contribution in [0.5, 0.6) is 5.75 Å². The van der Waals surface area contributed by atoms with Crippen LogP contribution in [0.1, 0.15) is 41.6 Å². The molecule has 0 radical (unpaired) electrons. The van der Waals surface area contributed by atoms with Crippen molar-refractivity contribution in [2.45, 2.75) is 39.0 Å². The van der Waals surface area contributed by atoms with Gasteiger partial charge in [-0.2, -0.15) is 0 Å². The number of carbonyl (C=O) groups excluding carboxylic acids is 1. The standard InChI is InChI=1S/C20H23N3O3S/c1-12(2)23-13(3)10-17(14(23)4)18(24)11-27-20-22-21-19(26-20)15-6-8-16(25-5)9-7-15/h6-10,12H,11H2,1-5H3. The molecule has 0 amide bonds. The largest absolute Gasteiger partial charge is 0.497 e. The van der Waals surface area contributed by atoms with Crippen LogP contribution in [0, 0.1) is 13.8 Å². The number of aryl methyl sites for hydroxylation is 1. The molecule has 0 atom stereocenters. The summed E-state index contributed by atoms with van der Waals surface area (Å²) in [7, 11) is 1.62. The third kappa shape index (κ3) is 4.08. The SMILES string of the molecule is COc1ccc(-c2nnc(SCC(=O)c3cc(C)n(C(C)C)c3C)o2)cc1. The lowest BCUT2D eigenvalue weighted by molar-refractivity contribution is 0.102. The molecule has 0 aliphatic rings. The highest BCUT2D eigenvalue weighted by Crippen LogP contribution is 2.26. The van der Waals surface area contributed by atoms with Crippen molar-refractivity contribution in [2.75, 3.05) is 12.9 Å². The predicted molar refractivity (Wildman–Crippen MR) is 106 cm³/mol. The van der Waals surface area contributed by atoms with Gasteiger partial charge in [-0.05, 0) is 58.0 Å². The Labute approximate surface area is 162 Å². The number of hydrogen-bond acceptors (Lipinski definition) is 6. The fraction of sp³-hybridized carbons (Fsp3) is 0.350. The molecular weight excluding hydrogens is 362 g/mol. The van der Waals surface area contributed by atoms with Crippen LogP contribution in [0.2, 0.25) is 0 Å². The van der Waals surface area contributed by atoms with Crippen molar-refractivity contribution in [3.8, 4) is 17.2 Å². The van der Waals surface area contributed by atoms with Crippen LogP contribution in [0.15, 0.2) is 40.0 Å². The van der Waals surface area contributed by atoms with Gasteiger partial charge in [0, 0.05) is 28.6 Å². The van der Waals surface area contributed by atoms with E-state index in [0.29, 0.717) is 17.2 Å². The zero-order chi connectivity index (χ0) is 19.6. The number of aromatic nitrogens is 3. The highest BCUT2D eigenvalue weighted by molar-refractivity contribution is 7.99. The molecule has 0 aliphatic carbocycles. The predicted octanol–water partition coefficient (Wildman–Crippen LogP) is 4.72. The fourth-order valence-electron chi connectivity index (χ4n) is 3.18. The molecule has 0 N–H and O–H groups in total. The number of hydrogen-bond donors (Lipinski definition) is 0. The molecule has 0 aliphatic heterocycles. The minimum Gasteiger partial charge on any atom is -0.497 e. The molecule has 27 heavy (non-hydrogen) atoms. The van der Waals surface area contributed by atoms with Gasteiger partial charge >= 0.3 is 0 Å². The maximum atomic E-state index is 12.6. The number of methoxy groups -OCH3 is 1. The fourth-order valence-corrected chi connectivity index (χ4v) is 3.82. The Balaban J connectivity index is 1.68. The topological polar surface area (TPSA) is 70.2 Å². The highest BCUT2D eigenvalue weighted by atomic mass is 32.2. The number of Topliss-reactive ketones (excluding diaryl/α,β-unsaturated/α-hetero) is 1. The third-order valence-electron chi connectivity index (χ3n) is 4.37. The van der Waals surface area contributed by atoms with Gasteiger partial charge in [-0.3, -0.25) is 4.79 Å². The quantitative estimate of drug-likeness (QED) is 0.433. The van der Waals surface area contributed by atoms with E-state index in [4.69, 9.17) is 9.15 Å². The first-order chi connectivity index (χ1) is 12.9. The zero-order valence-electron chi connectivity index (χ0n) is 16.1. The smallest absolute Gasteiger partial charge is 0.277 e. The average molecular weight is 385 g/mol. The van der Waals surface area contributed by atoms with E-state index in [-0.39, 0.29) is 11.5 Å². The molecule has 7 heteroatoms. The lowest BCUT2D eigenvalue weighted by Gasteiger charge is -2.13. The second-order valence-corrected chi connectivity index (χ2v) is 7.49. The first kappa shape index (κ1) is 19.2. The van der Waals surface area contributed by atoms with Crippen molar-refractivity contribution >= 4 is 17.5 Å². The molecule has 0 saturated carbocycles. The van der Waals surface area contributed by atoms with Crippen LogP contribution in [0.3, 0.4) is 0 Å². The molecule has 0 spiro atoms. The van der Waals surface area contributed by atoms with Gasteiger partial charge in [0.2, 0.25) is 5.89 Å². The van der Waals surface area contributed by atoms with Crippen molar-refractivity contribution in [3.05, 3.63) is 47.3 Å². The zero-order valence-corrected chi connectivity index (χ0v) is 17.0. The van der Waals surface area contributed by atoms with E-state index in [0.717, 1.165) is 28.3 Å². The first-order valence-electron chi connectivity index (χ1n) is 8.73. The van der Waals surface area contributed by atoms with Crippen LogP contribution in [0.4, 0.5) is 0 Å². The molecule has 0 saturated heterocycles. The summed E-state index contributed by atoms with van der Waals surface area (Å²) in [5.74, 6) is 1.50. The van der Waals surface area contributed by atoms with Crippen LogP contribution >= 0.6 is 11.8 Å². The number of ether oxygens (including phenoxy) is 1. The van der Waals surface area contributed by atoms with Gasteiger partial charge in [-0.1, -0.05) is 11.8 Å². The summed E-state index contributed by atoms with van der Waals surface area (Å²) >= 11 is 1.25. The number of rotatable bonds is 7. The number of benzene rings is 1.